The minimum atomic E-state index is -5.08. The smallest absolute Gasteiger partial charge is 0.475 e. The van der Waals surface area contributed by atoms with E-state index >= 15 is 0 Å². The molecule has 0 aromatic heterocycles. The molecule has 4 N–H and O–H groups in total. The summed E-state index contributed by atoms with van der Waals surface area (Å²) in [6, 6.07) is 3.55. The average molecular weight is 586 g/mol. The first-order valence-electron chi connectivity index (χ1n) is 12.4. The fourth-order valence-corrected chi connectivity index (χ4v) is 8.01. The van der Waals surface area contributed by atoms with Crippen molar-refractivity contribution in [2.45, 2.75) is 93.3 Å². The molecule has 1 saturated carbocycles. The number of nitrogens with zero attached hydrogens (tertiary/aromatic N) is 1. The maximum absolute atomic E-state index is 13.3. The lowest BCUT2D eigenvalue weighted by Gasteiger charge is -2.41. The number of fused-ring (bicyclic) bond motifs is 3. The van der Waals surface area contributed by atoms with Crippen molar-refractivity contribution in [3.8, 4) is 11.5 Å². The molecule has 2 bridgehead atoms. The molecule has 3 atom stereocenters. The summed E-state index contributed by atoms with van der Waals surface area (Å²) in [4.78, 5) is 21.6. The van der Waals surface area contributed by atoms with Crippen molar-refractivity contribution in [1.29, 1.82) is 0 Å². The van der Waals surface area contributed by atoms with Crippen LogP contribution in [-0.4, -0.2) is 71.6 Å². The van der Waals surface area contributed by atoms with Gasteiger partial charge in [-0.3, -0.25) is 4.79 Å². The van der Waals surface area contributed by atoms with E-state index in [-0.39, 0.29) is 46.5 Å². The maximum Gasteiger partial charge on any atom is 0.586 e. The van der Waals surface area contributed by atoms with Gasteiger partial charge in [0.1, 0.15) is 0 Å². The molecule has 0 spiro atoms. The summed E-state index contributed by atoms with van der Waals surface area (Å²) in [5.74, 6) is -3.47. The Labute approximate surface area is 220 Å². The SMILES string of the molecule is NC1CCC(S(=O)(=O)N2[C@@H]3CC[C@H]2C[C@@H](NC(=O)c2ccc4c(c2)OC(F)(F)O4)C3)CC1.O=C(O)C(F)(F)F. The number of carboxylic acid groups (broad SMARTS) is 1. The monoisotopic (exact) mass is 585 g/mol. The van der Waals surface area contributed by atoms with Gasteiger partial charge in [0.15, 0.2) is 11.5 Å². The van der Waals surface area contributed by atoms with Crippen molar-refractivity contribution in [3.63, 3.8) is 0 Å². The average Bonchev–Trinajstić information content (AvgIpc) is 3.30. The van der Waals surface area contributed by atoms with Crippen molar-refractivity contribution in [2.75, 3.05) is 0 Å². The lowest BCUT2D eigenvalue weighted by atomic mass is 9.96. The number of benzene rings is 1. The highest BCUT2D eigenvalue weighted by Crippen LogP contribution is 2.42. The standard InChI is InChI=1S/C21H27F2N3O5S.C2HF3O2/c22-21(23)30-18-8-1-12(9-19(18)31-21)20(27)25-14-10-15-4-5-16(11-14)26(15)32(28,29)17-6-2-13(24)3-7-17;3-2(4,5)1(6)7/h1,8-9,13-17H,2-7,10-11,24H2,(H,25,27);(H,6,7)/t13?,14-,15+,16-,17?;. The molecule has 3 aliphatic heterocycles. The van der Waals surface area contributed by atoms with Gasteiger partial charge in [-0.05, 0) is 69.6 Å². The number of carbonyl (C=O) groups is 2. The molecule has 10 nitrogen and oxygen atoms in total. The van der Waals surface area contributed by atoms with E-state index in [9.17, 15) is 35.2 Å². The normalized spacial score (nSPS) is 29.7. The van der Waals surface area contributed by atoms with Crippen LogP contribution in [-0.2, 0) is 14.8 Å². The predicted octanol–water partition coefficient (Wildman–Crippen LogP) is 2.97. The van der Waals surface area contributed by atoms with Crippen LogP contribution < -0.4 is 20.5 Å². The van der Waals surface area contributed by atoms with E-state index in [0.717, 1.165) is 25.7 Å². The van der Waals surface area contributed by atoms with Gasteiger partial charge in [0.25, 0.3) is 5.91 Å². The molecule has 5 rings (SSSR count). The van der Waals surface area contributed by atoms with E-state index in [4.69, 9.17) is 15.6 Å². The molecule has 2 saturated heterocycles. The lowest BCUT2D eigenvalue weighted by molar-refractivity contribution is -0.286. The Balaban J connectivity index is 0.000000448. The van der Waals surface area contributed by atoms with Crippen LogP contribution in [0, 0.1) is 0 Å². The molecule has 4 aliphatic rings. The second-order valence-corrected chi connectivity index (χ2v) is 12.2. The number of aliphatic carboxylic acids is 1. The van der Waals surface area contributed by atoms with Gasteiger partial charge >= 0.3 is 18.4 Å². The minimum Gasteiger partial charge on any atom is -0.475 e. The minimum absolute atomic E-state index is 0.0847. The van der Waals surface area contributed by atoms with Gasteiger partial charge in [-0.2, -0.15) is 17.5 Å². The number of nitrogens with one attached hydrogen (secondary N) is 1. The zero-order valence-electron chi connectivity index (χ0n) is 20.5. The van der Waals surface area contributed by atoms with Gasteiger partial charge in [0, 0.05) is 29.7 Å². The van der Waals surface area contributed by atoms with E-state index in [1.807, 2.05) is 0 Å². The van der Waals surface area contributed by atoms with E-state index in [1.165, 1.54) is 18.2 Å². The number of amides is 1. The zero-order chi connectivity index (χ0) is 28.8. The maximum atomic E-state index is 13.3. The number of piperidine rings is 1. The summed E-state index contributed by atoms with van der Waals surface area (Å²) >= 11 is 0. The van der Waals surface area contributed by atoms with E-state index < -0.39 is 34.4 Å². The summed E-state index contributed by atoms with van der Waals surface area (Å²) in [6.07, 6.45) is -3.53. The number of hydrogen-bond acceptors (Lipinski definition) is 7. The molecular weight excluding hydrogens is 557 g/mol. The fourth-order valence-electron chi connectivity index (χ4n) is 5.58. The third-order valence-corrected chi connectivity index (χ3v) is 9.84. The van der Waals surface area contributed by atoms with Crippen LogP contribution in [0.4, 0.5) is 22.0 Å². The topological polar surface area (TPSA) is 148 Å². The molecular formula is C23H28F5N3O7S. The largest absolute Gasteiger partial charge is 0.586 e. The number of carbonyl (C=O) groups excluding carboxylic acids is 1. The Morgan fingerprint density at radius 1 is 1.00 bits per heavy atom. The Hall–Kier alpha value is -2.72. The fraction of sp³-hybridized carbons (Fsp3) is 0.652. The molecule has 16 heteroatoms. The highest BCUT2D eigenvalue weighted by molar-refractivity contribution is 7.89. The second kappa shape index (κ2) is 10.7. The van der Waals surface area contributed by atoms with Crippen molar-refractivity contribution < 1.29 is 54.5 Å². The van der Waals surface area contributed by atoms with Crippen LogP contribution in [0.1, 0.15) is 61.7 Å². The second-order valence-electron chi connectivity index (χ2n) is 10.1. The first-order chi connectivity index (χ1) is 18.1. The van der Waals surface area contributed by atoms with Crippen molar-refractivity contribution in [2.24, 2.45) is 5.73 Å². The van der Waals surface area contributed by atoms with Gasteiger partial charge in [-0.25, -0.2) is 13.2 Å². The summed E-state index contributed by atoms with van der Waals surface area (Å²) in [5, 5.41) is 9.70. The first kappa shape index (κ1) is 29.3. The number of carboxylic acids is 1. The molecule has 1 aromatic rings. The van der Waals surface area contributed by atoms with Crippen LogP contribution in [0.2, 0.25) is 0 Å². The molecule has 1 amide bonds. The van der Waals surface area contributed by atoms with Crippen LogP contribution in [0.25, 0.3) is 0 Å². The Morgan fingerprint density at radius 2 is 1.54 bits per heavy atom. The van der Waals surface area contributed by atoms with E-state index in [0.29, 0.717) is 25.7 Å². The van der Waals surface area contributed by atoms with Gasteiger partial charge in [-0.15, -0.1) is 8.78 Å². The first-order valence-corrected chi connectivity index (χ1v) is 13.9. The van der Waals surface area contributed by atoms with Gasteiger partial charge in [-0.1, -0.05) is 0 Å². The molecule has 3 fully saturated rings. The quantitative estimate of drug-likeness (QED) is 0.457. The summed E-state index contributed by atoms with van der Waals surface area (Å²) in [5.41, 5.74) is 6.13. The number of nitrogens with two attached hydrogens (primary N) is 1. The molecule has 39 heavy (non-hydrogen) atoms. The molecule has 0 radical (unpaired) electrons. The van der Waals surface area contributed by atoms with Crippen molar-refractivity contribution in [3.05, 3.63) is 23.8 Å². The molecule has 0 unspecified atom stereocenters. The Morgan fingerprint density at radius 3 is 2.08 bits per heavy atom. The number of ether oxygens (including phenoxy) is 2. The molecule has 1 aromatic carbocycles. The number of rotatable bonds is 4. The zero-order valence-corrected chi connectivity index (χ0v) is 21.3. The third-order valence-electron chi connectivity index (χ3n) is 7.34. The molecule has 218 valence electrons. The number of hydrogen-bond donors (Lipinski definition) is 3. The lowest BCUT2D eigenvalue weighted by Crippen LogP contribution is -2.55. The van der Waals surface area contributed by atoms with Gasteiger partial charge in [0.2, 0.25) is 10.0 Å². The van der Waals surface area contributed by atoms with Crippen LogP contribution >= 0.6 is 0 Å². The highest BCUT2D eigenvalue weighted by Gasteiger charge is 2.49. The Bertz CT molecular complexity index is 1190. The van der Waals surface area contributed by atoms with E-state index in [1.54, 1.807) is 4.31 Å². The molecule has 1 aliphatic carbocycles. The summed E-state index contributed by atoms with van der Waals surface area (Å²) < 4.78 is 95.3. The van der Waals surface area contributed by atoms with Crippen molar-refractivity contribution in [1.82, 2.24) is 9.62 Å². The summed E-state index contributed by atoms with van der Waals surface area (Å²) in [6.45, 7) is 0. The van der Waals surface area contributed by atoms with Crippen LogP contribution in [0.5, 0.6) is 11.5 Å². The third kappa shape index (κ3) is 6.54. The van der Waals surface area contributed by atoms with Gasteiger partial charge < -0.3 is 25.6 Å². The number of alkyl halides is 5. The van der Waals surface area contributed by atoms with Gasteiger partial charge in [0.05, 0.1) is 5.25 Å². The van der Waals surface area contributed by atoms with Crippen LogP contribution in [0.3, 0.4) is 0 Å². The predicted molar refractivity (Wildman–Crippen MR) is 125 cm³/mol. The van der Waals surface area contributed by atoms with Crippen LogP contribution in [0.15, 0.2) is 18.2 Å². The molecule has 3 heterocycles. The van der Waals surface area contributed by atoms with E-state index in [2.05, 4.69) is 14.8 Å². The van der Waals surface area contributed by atoms with Crippen molar-refractivity contribution >= 4 is 21.9 Å². The number of sulfonamides is 1. The highest BCUT2D eigenvalue weighted by atomic mass is 32.2. The number of halogens is 5. The summed E-state index contributed by atoms with van der Waals surface area (Å²) in [7, 11) is -3.40. The Kier molecular flexibility index (Phi) is 8.02.